The van der Waals surface area contributed by atoms with Gasteiger partial charge in [-0.3, -0.25) is 9.36 Å². The normalized spacial score (nSPS) is 26.3. The molecule has 1 saturated heterocycles. The highest BCUT2D eigenvalue weighted by atomic mass is 32.5. The highest BCUT2D eigenvalue weighted by molar-refractivity contribution is 8.09. The molecule has 4 rings (SSSR count). The summed E-state index contributed by atoms with van der Waals surface area (Å²) in [6.07, 6.45) is -3.14. The van der Waals surface area contributed by atoms with Crippen molar-refractivity contribution in [2.75, 3.05) is 25.6 Å². The monoisotopic (exact) mass is 628 g/mol. The Morgan fingerprint density at radius 2 is 1.93 bits per heavy atom. The number of halogens is 2. The van der Waals surface area contributed by atoms with Gasteiger partial charge in [0.2, 0.25) is 0 Å². The molecule has 2 N–H and O–H groups in total. The summed E-state index contributed by atoms with van der Waals surface area (Å²) >= 11 is 5.61. The number of nitrogens with one attached hydrogen (secondary N) is 1. The third-order valence-electron chi connectivity index (χ3n) is 6.38. The second-order valence-electron chi connectivity index (χ2n) is 10.6. The fraction of sp³-hybridized carbons (Fsp3) is 0.538. The summed E-state index contributed by atoms with van der Waals surface area (Å²) in [5, 5.41) is 13.7. The molecule has 0 aliphatic carbocycles. The molecule has 0 bridgehead atoms. The number of aliphatic hydroxyl groups is 1. The Labute approximate surface area is 247 Å². The molecule has 1 aliphatic heterocycles. The number of rotatable bonds is 11. The van der Waals surface area contributed by atoms with E-state index in [0.717, 1.165) is 6.92 Å². The topological polar surface area (TPSA) is 133 Å². The van der Waals surface area contributed by atoms with Crippen molar-refractivity contribution in [2.45, 2.75) is 70.6 Å². The highest BCUT2D eigenvalue weighted by Crippen LogP contribution is 2.52. The predicted molar refractivity (Wildman–Crippen MR) is 155 cm³/mol. The number of anilines is 1. The first-order chi connectivity index (χ1) is 19.6. The molecule has 1 fully saturated rings. The number of alkyl halides is 2. The van der Waals surface area contributed by atoms with E-state index in [1.807, 2.05) is 0 Å². The van der Waals surface area contributed by atoms with E-state index in [0.29, 0.717) is 17.2 Å². The number of carbonyl (C=O) groups is 1. The van der Waals surface area contributed by atoms with E-state index in [2.05, 4.69) is 20.0 Å². The van der Waals surface area contributed by atoms with Crippen molar-refractivity contribution in [3.05, 3.63) is 42.5 Å². The quantitative estimate of drug-likeness (QED) is 0.237. The number of aryl methyl sites for hydroxylation is 1. The molecule has 6 atom stereocenters. The van der Waals surface area contributed by atoms with Crippen molar-refractivity contribution in [3.63, 3.8) is 0 Å². The van der Waals surface area contributed by atoms with E-state index in [9.17, 15) is 9.90 Å². The van der Waals surface area contributed by atoms with E-state index in [4.69, 9.17) is 30.3 Å². The van der Waals surface area contributed by atoms with Gasteiger partial charge in [0.1, 0.15) is 24.2 Å². The molecule has 42 heavy (non-hydrogen) atoms. The van der Waals surface area contributed by atoms with Gasteiger partial charge < -0.3 is 28.5 Å². The van der Waals surface area contributed by atoms with Crippen LogP contribution in [0.1, 0.15) is 39.7 Å². The third-order valence-corrected chi connectivity index (χ3v) is 8.86. The molecule has 3 heterocycles. The summed E-state index contributed by atoms with van der Waals surface area (Å²) in [6, 6.07) is 7.32. The summed E-state index contributed by atoms with van der Waals surface area (Å²) in [6.45, 7) is 2.77. The van der Waals surface area contributed by atoms with Crippen LogP contribution in [0, 0.1) is 6.92 Å². The van der Waals surface area contributed by atoms with Crippen molar-refractivity contribution in [1.29, 1.82) is 0 Å². The Morgan fingerprint density at radius 1 is 1.26 bits per heavy atom. The number of fused-ring (bicyclic) bond motifs is 1. The van der Waals surface area contributed by atoms with E-state index < -0.39 is 55.2 Å². The molecule has 1 aliphatic rings. The minimum absolute atomic E-state index is 0.189. The second kappa shape index (κ2) is 12.1. The van der Waals surface area contributed by atoms with Gasteiger partial charge >= 0.3 is 12.6 Å². The van der Waals surface area contributed by atoms with Crippen molar-refractivity contribution in [3.8, 4) is 5.75 Å². The van der Waals surface area contributed by atoms with Crippen LogP contribution in [0.25, 0.3) is 11.2 Å². The smallest absolute Gasteiger partial charge is 0.323 e. The van der Waals surface area contributed by atoms with Crippen molar-refractivity contribution < 1.29 is 37.2 Å². The highest BCUT2D eigenvalue weighted by Gasteiger charge is 2.65. The molecule has 3 aromatic rings. The number of carbonyl (C=O) groups excluding carboxylic acids is 1. The Kier molecular flexibility index (Phi) is 9.22. The van der Waals surface area contributed by atoms with E-state index in [1.165, 1.54) is 17.8 Å². The SMILES string of the molecule is Cc1nc(N(C)C)c2ncn([C@@H]3O[C@](F)(CO[P@@](=S)(N[C@H](C)C(=O)OC(C)C)Oc4ccccc4)[C@@H](O)[C@@]3(C)F)c2n1. The van der Waals surface area contributed by atoms with Crippen LogP contribution in [0.2, 0.25) is 0 Å². The van der Waals surface area contributed by atoms with Crippen molar-refractivity contribution >= 4 is 41.4 Å². The molecule has 0 unspecified atom stereocenters. The first kappa shape index (κ1) is 32.1. The second-order valence-corrected chi connectivity index (χ2v) is 13.8. The third kappa shape index (κ3) is 6.56. The maximum absolute atomic E-state index is 16.4. The molecule has 16 heteroatoms. The summed E-state index contributed by atoms with van der Waals surface area (Å²) in [7, 11) is 3.52. The van der Waals surface area contributed by atoms with Crippen LogP contribution in [0.15, 0.2) is 36.7 Å². The Hall–Kier alpha value is -2.81. The summed E-state index contributed by atoms with van der Waals surface area (Å²) in [5.74, 6) is -2.59. The van der Waals surface area contributed by atoms with Crippen molar-refractivity contribution in [2.24, 2.45) is 0 Å². The minimum Gasteiger partial charge on any atom is -0.462 e. The molecule has 0 spiro atoms. The summed E-state index contributed by atoms with van der Waals surface area (Å²) in [4.78, 5) is 27.2. The molecule has 0 amide bonds. The van der Waals surface area contributed by atoms with Gasteiger partial charge in [-0.15, -0.1) is 0 Å². The first-order valence-electron chi connectivity index (χ1n) is 13.2. The predicted octanol–water partition coefficient (Wildman–Crippen LogP) is 3.73. The van der Waals surface area contributed by atoms with E-state index in [-0.39, 0.29) is 11.4 Å². The van der Waals surface area contributed by atoms with Crippen LogP contribution in [-0.2, 0) is 30.6 Å². The molecular formula is C26H35F2N6O6PS. The van der Waals surface area contributed by atoms with Crippen LogP contribution >= 0.6 is 6.64 Å². The maximum Gasteiger partial charge on any atom is 0.323 e. The van der Waals surface area contributed by atoms with Gasteiger partial charge in [0.05, 0.1) is 12.4 Å². The number of ether oxygens (including phenoxy) is 2. The van der Waals surface area contributed by atoms with Crippen LogP contribution in [0.5, 0.6) is 5.75 Å². The summed E-state index contributed by atoms with van der Waals surface area (Å²) < 4.78 is 56.1. The maximum atomic E-state index is 16.4. The van der Waals surface area contributed by atoms with Gasteiger partial charge in [-0.1, -0.05) is 18.2 Å². The van der Waals surface area contributed by atoms with Gasteiger partial charge in [-0.25, -0.2) is 28.8 Å². The lowest BCUT2D eigenvalue weighted by atomic mass is 9.97. The lowest BCUT2D eigenvalue weighted by Crippen LogP contribution is -2.47. The number of aliphatic hydroxyl groups excluding tert-OH is 1. The fourth-order valence-electron chi connectivity index (χ4n) is 4.36. The molecule has 2 aromatic heterocycles. The zero-order valence-electron chi connectivity index (χ0n) is 24.3. The van der Waals surface area contributed by atoms with E-state index >= 15 is 8.78 Å². The molecule has 0 radical (unpaired) electrons. The summed E-state index contributed by atoms with van der Waals surface area (Å²) in [5.41, 5.74) is -2.13. The number of imidazole rings is 1. The number of benzene rings is 1. The first-order valence-corrected chi connectivity index (χ1v) is 15.8. The van der Waals surface area contributed by atoms with Crippen LogP contribution in [0.4, 0.5) is 14.6 Å². The Morgan fingerprint density at radius 3 is 2.55 bits per heavy atom. The molecule has 0 saturated carbocycles. The average Bonchev–Trinajstić information content (AvgIpc) is 3.39. The molecule has 12 nitrogen and oxygen atoms in total. The average molecular weight is 629 g/mol. The number of esters is 1. The van der Waals surface area contributed by atoms with Gasteiger partial charge in [-0.05, 0) is 58.6 Å². The lowest BCUT2D eigenvalue weighted by Gasteiger charge is -2.30. The van der Waals surface area contributed by atoms with Crippen molar-refractivity contribution in [1.82, 2.24) is 24.6 Å². The van der Waals surface area contributed by atoms with E-state index in [1.54, 1.807) is 70.1 Å². The van der Waals surface area contributed by atoms with Gasteiger partial charge in [0.25, 0.3) is 5.85 Å². The van der Waals surface area contributed by atoms with Gasteiger partial charge in [0.15, 0.2) is 35.0 Å². The Bertz CT molecular complexity index is 1480. The fourth-order valence-corrected chi connectivity index (χ4v) is 6.76. The number of hydrogen-bond donors (Lipinski definition) is 2. The molecule has 1 aromatic carbocycles. The van der Waals surface area contributed by atoms with Gasteiger partial charge in [-0.2, -0.15) is 0 Å². The standard InChI is InChI=1S/C26H35F2N6O6PS/c1-15(2)38-22(35)16(3)32-41(42,40-18-11-9-8-10-12-18)37-13-26(28)23(36)25(5,27)24(39-26)34-14-29-19-20(33(6)7)30-17(4)31-21(19)34/h8-12,14-16,23-24,36H,13H2,1-7H3,(H,32,42)/t16-,23+,24-,25-,26-,41+/m1/s1. The van der Waals surface area contributed by atoms with Crippen LogP contribution < -0.4 is 14.5 Å². The molecular weight excluding hydrogens is 593 g/mol. The zero-order chi connectivity index (χ0) is 31.0. The molecule has 230 valence electrons. The van der Waals surface area contributed by atoms with Gasteiger partial charge in [0, 0.05) is 14.1 Å². The largest absolute Gasteiger partial charge is 0.462 e. The number of nitrogens with zero attached hydrogens (tertiary/aromatic N) is 5. The number of hydrogen-bond acceptors (Lipinski definition) is 11. The minimum atomic E-state index is -3.72. The van der Waals surface area contributed by atoms with Crippen LogP contribution in [0.3, 0.4) is 0 Å². The Balaban J connectivity index is 1.62. The lowest BCUT2D eigenvalue weighted by molar-refractivity contribution is -0.202. The zero-order valence-corrected chi connectivity index (χ0v) is 26.0. The van der Waals surface area contributed by atoms with Crippen LogP contribution in [-0.4, -0.2) is 81.1 Å². The number of aromatic nitrogens is 4. The number of para-hydroxylation sites is 1.